The summed E-state index contributed by atoms with van der Waals surface area (Å²) in [6, 6.07) is 0. The zero-order chi connectivity index (χ0) is 8.27. The second-order valence-electron chi connectivity index (χ2n) is 2.84. The lowest BCUT2D eigenvalue weighted by Gasteiger charge is -2.03. The van der Waals surface area contributed by atoms with E-state index in [4.69, 9.17) is 0 Å². The fourth-order valence-electron chi connectivity index (χ4n) is 1.46. The molecule has 0 atom stereocenters. The molecule has 0 spiro atoms. The number of hydrogen-bond donors (Lipinski definition) is 0. The first-order valence-corrected chi connectivity index (χ1v) is 3.88. The molecule has 0 amide bonds. The van der Waals surface area contributed by atoms with Crippen molar-refractivity contribution >= 4 is 11.8 Å². The van der Waals surface area contributed by atoms with Gasteiger partial charge in [0.1, 0.15) is 0 Å². The molecule has 0 radical (unpaired) electrons. The molecule has 1 aliphatic rings. The summed E-state index contributed by atoms with van der Waals surface area (Å²) in [6.45, 7) is 0. The van der Waals surface area contributed by atoms with Crippen LogP contribution in [-0.4, -0.2) is 18.9 Å². The lowest BCUT2D eigenvalue weighted by atomic mass is 10.0. The van der Waals surface area contributed by atoms with Gasteiger partial charge in [0.05, 0.1) is 7.11 Å². The van der Waals surface area contributed by atoms with Gasteiger partial charge < -0.3 is 4.74 Å². The Morgan fingerprint density at radius 1 is 1.27 bits per heavy atom. The highest BCUT2D eigenvalue weighted by Gasteiger charge is 2.28. The van der Waals surface area contributed by atoms with Gasteiger partial charge in [0.25, 0.3) is 0 Å². The average Bonchev–Trinajstić information content (AvgIpc) is 2.53. The molecule has 3 heteroatoms. The normalized spacial score (nSPS) is 18.3. The van der Waals surface area contributed by atoms with E-state index in [0.29, 0.717) is 0 Å². The van der Waals surface area contributed by atoms with Crippen molar-refractivity contribution in [3.8, 4) is 0 Å². The first-order chi connectivity index (χ1) is 5.25. The molecule has 0 unspecified atom stereocenters. The van der Waals surface area contributed by atoms with Crippen molar-refractivity contribution in [1.82, 2.24) is 0 Å². The van der Waals surface area contributed by atoms with Crippen LogP contribution in [0.15, 0.2) is 0 Å². The van der Waals surface area contributed by atoms with Crippen LogP contribution >= 0.6 is 0 Å². The summed E-state index contributed by atoms with van der Waals surface area (Å²) in [5.74, 6) is -1.08. The van der Waals surface area contributed by atoms with Crippen molar-refractivity contribution in [2.45, 2.75) is 25.7 Å². The Morgan fingerprint density at radius 3 is 2.27 bits per heavy atom. The lowest BCUT2D eigenvalue weighted by molar-refractivity contribution is -0.153. The maximum atomic E-state index is 11.1. The summed E-state index contributed by atoms with van der Waals surface area (Å²) < 4.78 is 4.34. The minimum absolute atomic E-state index is 0.0533. The molecule has 0 aliphatic heterocycles. The van der Waals surface area contributed by atoms with Crippen LogP contribution in [0.4, 0.5) is 0 Å². The van der Waals surface area contributed by atoms with Crippen LogP contribution in [0.1, 0.15) is 25.7 Å². The quantitative estimate of drug-likeness (QED) is 0.441. The Bertz CT molecular complexity index is 168. The molecular weight excluding hydrogens is 144 g/mol. The second-order valence-corrected chi connectivity index (χ2v) is 2.84. The monoisotopic (exact) mass is 156 g/mol. The molecular formula is C8H12O3. The Morgan fingerprint density at radius 2 is 1.82 bits per heavy atom. The molecule has 1 rings (SSSR count). The van der Waals surface area contributed by atoms with Gasteiger partial charge in [-0.05, 0) is 12.8 Å². The number of carbonyl (C=O) groups excluding carboxylic acids is 2. The zero-order valence-corrected chi connectivity index (χ0v) is 6.63. The number of ether oxygens (including phenoxy) is 1. The molecule has 11 heavy (non-hydrogen) atoms. The standard InChI is InChI=1S/C8H12O3/c1-11-8(10)7(9)6-4-2-3-5-6/h6H,2-5H2,1H3. The second kappa shape index (κ2) is 3.51. The molecule has 1 fully saturated rings. The van der Waals surface area contributed by atoms with Crippen LogP contribution in [0.5, 0.6) is 0 Å². The molecule has 3 nitrogen and oxygen atoms in total. The number of carbonyl (C=O) groups is 2. The maximum Gasteiger partial charge on any atom is 0.374 e. The maximum absolute atomic E-state index is 11.1. The largest absolute Gasteiger partial charge is 0.463 e. The Hall–Kier alpha value is -0.860. The summed E-state index contributed by atoms with van der Waals surface area (Å²) in [7, 11) is 1.25. The van der Waals surface area contributed by atoms with E-state index in [-0.39, 0.29) is 11.7 Å². The summed E-state index contributed by atoms with van der Waals surface area (Å²) in [5.41, 5.74) is 0. The highest BCUT2D eigenvalue weighted by atomic mass is 16.5. The molecule has 0 N–H and O–H groups in total. The third-order valence-corrected chi connectivity index (χ3v) is 2.11. The van der Waals surface area contributed by atoms with Gasteiger partial charge in [0.15, 0.2) is 0 Å². The van der Waals surface area contributed by atoms with E-state index in [1.807, 2.05) is 0 Å². The lowest BCUT2D eigenvalue weighted by Crippen LogP contribution is -2.22. The molecule has 0 aromatic rings. The predicted molar refractivity (Wildman–Crippen MR) is 39.0 cm³/mol. The number of methoxy groups -OCH3 is 1. The Balaban J connectivity index is 2.46. The average molecular weight is 156 g/mol. The topological polar surface area (TPSA) is 43.4 Å². The van der Waals surface area contributed by atoms with E-state index in [0.717, 1.165) is 25.7 Å². The molecule has 0 bridgehead atoms. The third-order valence-electron chi connectivity index (χ3n) is 2.11. The Kier molecular flexibility index (Phi) is 2.63. The van der Waals surface area contributed by atoms with Crippen LogP contribution in [0, 0.1) is 5.92 Å². The van der Waals surface area contributed by atoms with Crippen LogP contribution < -0.4 is 0 Å². The minimum Gasteiger partial charge on any atom is -0.463 e. The van der Waals surface area contributed by atoms with Gasteiger partial charge >= 0.3 is 5.97 Å². The first kappa shape index (κ1) is 8.24. The SMILES string of the molecule is COC(=O)C(=O)C1CCCC1. The highest BCUT2D eigenvalue weighted by molar-refractivity contribution is 6.34. The van der Waals surface area contributed by atoms with E-state index in [9.17, 15) is 9.59 Å². The molecule has 0 heterocycles. The molecule has 1 saturated carbocycles. The number of esters is 1. The predicted octanol–water partition coefficient (Wildman–Crippen LogP) is 0.919. The van der Waals surface area contributed by atoms with Gasteiger partial charge in [-0.2, -0.15) is 0 Å². The van der Waals surface area contributed by atoms with Crippen molar-refractivity contribution in [1.29, 1.82) is 0 Å². The van der Waals surface area contributed by atoms with Crippen LogP contribution in [0.25, 0.3) is 0 Å². The van der Waals surface area contributed by atoms with E-state index < -0.39 is 5.97 Å². The molecule has 1 aliphatic carbocycles. The smallest absolute Gasteiger partial charge is 0.374 e. The van der Waals surface area contributed by atoms with E-state index in [1.165, 1.54) is 7.11 Å². The molecule has 0 saturated heterocycles. The number of Topliss-reactive ketones (excluding diaryl/α,β-unsaturated/α-hetero) is 1. The number of hydrogen-bond acceptors (Lipinski definition) is 3. The highest BCUT2D eigenvalue weighted by Crippen LogP contribution is 2.25. The van der Waals surface area contributed by atoms with Gasteiger partial charge in [-0.3, -0.25) is 4.79 Å². The Labute approximate surface area is 65.7 Å². The first-order valence-electron chi connectivity index (χ1n) is 3.88. The van der Waals surface area contributed by atoms with Gasteiger partial charge in [0, 0.05) is 5.92 Å². The third kappa shape index (κ3) is 1.79. The summed E-state index contributed by atoms with van der Waals surface area (Å²) in [6.07, 6.45) is 3.84. The fourth-order valence-corrected chi connectivity index (χ4v) is 1.46. The number of ketones is 1. The van der Waals surface area contributed by atoms with E-state index in [2.05, 4.69) is 4.74 Å². The summed E-state index contributed by atoms with van der Waals surface area (Å²) in [5, 5.41) is 0. The van der Waals surface area contributed by atoms with Gasteiger partial charge in [-0.25, -0.2) is 4.79 Å². The van der Waals surface area contributed by atoms with Gasteiger partial charge in [-0.15, -0.1) is 0 Å². The minimum atomic E-state index is -0.683. The van der Waals surface area contributed by atoms with Crippen LogP contribution in [0.3, 0.4) is 0 Å². The van der Waals surface area contributed by atoms with E-state index in [1.54, 1.807) is 0 Å². The fraction of sp³-hybridized carbons (Fsp3) is 0.750. The zero-order valence-electron chi connectivity index (χ0n) is 6.63. The van der Waals surface area contributed by atoms with Crippen LogP contribution in [-0.2, 0) is 14.3 Å². The molecule has 62 valence electrons. The summed E-state index contributed by atoms with van der Waals surface area (Å²) >= 11 is 0. The molecule has 0 aromatic heterocycles. The van der Waals surface area contributed by atoms with Crippen molar-refractivity contribution in [3.05, 3.63) is 0 Å². The van der Waals surface area contributed by atoms with Crippen molar-refractivity contribution in [2.75, 3.05) is 7.11 Å². The van der Waals surface area contributed by atoms with E-state index >= 15 is 0 Å². The van der Waals surface area contributed by atoms with Crippen molar-refractivity contribution in [3.63, 3.8) is 0 Å². The van der Waals surface area contributed by atoms with Gasteiger partial charge in [0.2, 0.25) is 5.78 Å². The summed E-state index contributed by atoms with van der Waals surface area (Å²) in [4.78, 5) is 21.8. The number of rotatable bonds is 2. The van der Waals surface area contributed by atoms with Crippen molar-refractivity contribution < 1.29 is 14.3 Å². The van der Waals surface area contributed by atoms with Crippen LogP contribution in [0.2, 0.25) is 0 Å². The van der Waals surface area contributed by atoms with Crippen molar-refractivity contribution in [2.24, 2.45) is 5.92 Å². The molecule has 0 aromatic carbocycles. The van der Waals surface area contributed by atoms with Gasteiger partial charge in [-0.1, -0.05) is 12.8 Å².